The van der Waals surface area contributed by atoms with Crippen LogP contribution < -0.4 is 10.2 Å². The molecule has 0 atom stereocenters. The molecule has 1 N–H and O–H groups in total. The van der Waals surface area contributed by atoms with E-state index in [4.69, 9.17) is 39.5 Å². The number of hydrazone groups is 1. The van der Waals surface area contributed by atoms with Gasteiger partial charge in [0.25, 0.3) is 5.91 Å². The number of carbonyl (C=O) groups is 1. The van der Waals surface area contributed by atoms with Crippen molar-refractivity contribution in [1.29, 1.82) is 0 Å². The van der Waals surface area contributed by atoms with Gasteiger partial charge in [-0.25, -0.2) is 5.43 Å². The summed E-state index contributed by atoms with van der Waals surface area (Å²) in [6.07, 6.45) is 1.47. The van der Waals surface area contributed by atoms with E-state index < -0.39 is 0 Å². The number of amides is 1. The summed E-state index contributed by atoms with van der Waals surface area (Å²) >= 11 is 17.8. The van der Waals surface area contributed by atoms with Crippen molar-refractivity contribution in [3.63, 3.8) is 0 Å². The first kappa shape index (κ1) is 18.6. The summed E-state index contributed by atoms with van der Waals surface area (Å²) < 4.78 is 5.44. The van der Waals surface area contributed by atoms with Crippen LogP contribution in [0.2, 0.25) is 15.1 Å². The second kappa shape index (κ2) is 8.38. The zero-order chi connectivity index (χ0) is 17.7. The molecule has 0 unspecified atom stereocenters. The number of carbonyl (C=O) groups excluding carboxylic acids is 1. The summed E-state index contributed by atoms with van der Waals surface area (Å²) in [6, 6.07) is 8.60. The van der Waals surface area contributed by atoms with Crippen LogP contribution in [-0.4, -0.2) is 18.7 Å². The fourth-order valence-electron chi connectivity index (χ4n) is 1.94. The van der Waals surface area contributed by atoms with Gasteiger partial charge in [0.1, 0.15) is 5.75 Å². The van der Waals surface area contributed by atoms with E-state index in [1.54, 1.807) is 30.3 Å². The molecule has 0 spiro atoms. The Morgan fingerprint density at radius 2 is 1.79 bits per heavy atom. The lowest BCUT2D eigenvalue weighted by Gasteiger charge is -2.09. The summed E-state index contributed by atoms with van der Waals surface area (Å²) in [5, 5.41) is 5.42. The van der Waals surface area contributed by atoms with E-state index in [1.807, 2.05) is 13.8 Å². The first-order valence-electron chi connectivity index (χ1n) is 7.03. The van der Waals surface area contributed by atoms with Crippen LogP contribution in [-0.2, 0) is 4.79 Å². The van der Waals surface area contributed by atoms with E-state index in [2.05, 4.69) is 10.5 Å². The van der Waals surface area contributed by atoms with Gasteiger partial charge in [-0.2, -0.15) is 5.10 Å². The topological polar surface area (TPSA) is 50.7 Å². The molecule has 2 rings (SSSR count). The fourth-order valence-corrected chi connectivity index (χ4v) is 2.36. The third-order valence-electron chi connectivity index (χ3n) is 3.13. The molecule has 0 fully saturated rings. The highest BCUT2D eigenvalue weighted by Gasteiger charge is 2.06. The lowest BCUT2D eigenvalue weighted by atomic mass is 10.1. The minimum Gasteiger partial charge on any atom is -0.484 e. The van der Waals surface area contributed by atoms with Gasteiger partial charge in [0.05, 0.1) is 16.3 Å². The van der Waals surface area contributed by atoms with Gasteiger partial charge in [0.15, 0.2) is 6.61 Å². The van der Waals surface area contributed by atoms with Crippen molar-refractivity contribution >= 4 is 46.9 Å². The number of nitrogens with one attached hydrogen (secondary N) is 1. The van der Waals surface area contributed by atoms with Gasteiger partial charge in [-0.3, -0.25) is 4.79 Å². The number of halogens is 3. The predicted molar refractivity (Wildman–Crippen MR) is 98.6 cm³/mol. The highest BCUT2D eigenvalue weighted by Crippen LogP contribution is 2.25. The van der Waals surface area contributed by atoms with Gasteiger partial charge in [-0.15, -0.1) is 0 Å². The number of rotatable bonds is 5. The van der Waals surface area contributed by atoms with Crippen molar-refractivity contribution in [3.05, 3.63) is 62.1 Å². The molecule has 0 aromatic heterocycles. The third kappa shape index (κ3) is 5.13. The molecule has 126 valence electrons. The van der Waals surface area contributed by atoms with Crippen LogP contribution in [0.4, 0.5) is 0 Å². The Bertz CT molecular complexity index is 768. The first-order valence-corrected chi connectivity index (χ1v) is 8.16. The number of hydrogen-bond acceptors (Lipinski definition) is 3. The number of benzene rings is 2. The minimum absolute atomic E-state index is 0.154. The van der Waals surface area contributed by atoms with Crippen LogP contribution in [0.3, 0.4) is 0 Å². The normalized spacial score (nSPS) is 10.9. The molecule has 0 aliphatic rings. The van der Waals surface area contributed by atoms with Crippen LogP contribution in [0.15, 0.2) is 35.4 Å². The average molecular weight is 386 g/mol. The molecule has 0 radical (unpaired) electrons. The second-order valence-corrected chi connectivity index (χ2v) is 6.32. The Kier molecular flexibility index (Phi) is 6.49. The molecular weight excluding hydrogens is 371 g/mol. The quantitative estimate of drug-likeness (QED) is 0.594. The van der Waals surface area contributed by atoms with E-state index in [1.165, 1.54) is 6.21 Å². The van der Waals surface area contributed by atoms with E-state index in [-0.39, 0.29) is 12.5 Å². The molecule has 2 aromatic carbocycles. The Morgan fingerprint density at radius 3 is 2.42 bits per heavy atom. The number of ether oxygens (including phenoxy) is 1. The fraction of sp³-hybridized carbons (Fsp3) is 0.176. The van der Waals surface area contributed by atoms with Crippen LogP contribution >= 0.6 is 34.8 Å². The van der Waals surface area contributed by atoms with Gasteiger partial charge in [-0.05, 0) is 54.8 Å². The molecule has 0 aliphatic carbocycles. The standard InChI is InChI=1S/C17H15Cl3N2O2/c1-10-5-13(6-11(2)17(10)20)24-9-16(23)22-21-8-12-3-4-14(18)15(19)7-12/h3-8H,9H2,1-2H3,(H,22,23)/b21-8+. The molecule has 0 saturated heterocycles. The van der Waals surface area contributed by atoms with Gasteiger partial charge in [0, 0.05) is 5.02 Å². The number of aryl methyl sites for hydroxylation is 2. The highest BCUT2D eigenvalue weighted by atomic mass is 35.5. The zero-order valence-electron chi connectivity index (χ0n) is 13.1. The minimum atomic E-state index is -0.378. The van der Waals surface area contributed by atoms with E-state index in [0.29, 0.717) is 20.8 Å². The number of nitrogens with zero attached hydrogens (tertiary/aromatic N) is 1. The third-order valence-corrected chi connectivity index (χ3v) is 4.46. The first-order chi connectivity index (χ1) is 11.4. The molecule has 0 bridgehead atoms. The van der Waals surface area contributed by atoms with Gasteiger partial charge < -0.3 is 4.74 Å². The van der Waals surface area contributed by atoms with Crippen molar-refractivity contribution < 1.29 is 9.53 Å². The summed E-state index contributed by atoms with van der Waals surface area (Å²) in [7, 11) is 0. The summed E-state index contributed by atoms with van der Waals surface area (Å²) in [5.41, 5.74) is 4.88. The van der Waals surface area contributed by atoms with Crippen molar-refractivity contribution in [2.75, 3.05) is 6.61 Å². The monoisotopic (exact) mass is 384 g/mol. The van der Waals surface area contributed by atoms with Gasteiger partial charge in [-0.1, -0.05) is 40.9 Å². The Balaban J connectivity index is 1.87. The Morgan fingerprint density at radius 1 is 1.12 bits per heavy atom. The lowest BCUT2D eigenvalue weighted by Crippen LogP contribution is -2.24. The molecule has 1 amide bonds. The molecule has 0 heterocycles. The molecule has 2 aromatic rings. The summed E-state index contributed by atoms with van der Waals surface area (Å²) in [6.45, 7) is 3.60. The van der Waals surface area contributed by atoms with Crippen LogP contribution in [0.1, 0.15) is 16.7 Å². The van der Waals surface area contributed by atoms with E-state index >= 15 is 0 Å². The molecular formula is C17H15Cl3N2O2. The molecule has 4 nitrogen and oxygen atoms in total. The molecule has 0 aliphatic heterocycles. The van der Waals surface area contributed by atoms with Crippen molar-refractivity contribution in [3.8, 4) is 5.75 Å². The number of hydrogen-bond donors (Lipinski definition) is 1. The molecule has 0 saturated carbocycles. The maximum Gasteiger partial charge on any atom is 0.277 e. The van der Waals surface area contributed by atoms with Crippen LogP contribution in [0, 0.1) is 13.8 Å². The average Bonchev–Trinajstić information content (AvgIpc) is 2.54. The zero-order valence-corrected chi connectivity index (χ0v) is 15.3. The molecule has 7 heteroatoms. The van der Waals surface area contributed by atoms with E-state index in [0.717, 1.165) is 16.7 Å². The molecule has 24 heavy (non-hydrogen) atoms. The Labute approximate surface area is 155 Å². The summed E-state index contributed by atoms with van der Waals surface area (Å²) in [4.78, 5) is 11.7. The van der Waals surface area contributed by atoms with Crippen LogP contribution in [0.5, 0.6) is 5.75 Å². The lowest BCUT2D eigenvalue weighted by molar-refractivity contribution is -0.123. The smallest absolute Gasteiger partial charge is 0.277 e. The largest absolute Gasteiger partial charge is 0.484 e. The Hall–Kier alpha value is -1.75. The van der Waals surface area contributed by atoms with Crippen molar-refractivity contribution in [1.82, 2.24) is 5.43 Å². The van der Waals surface area contributed by atoms with Gasteiger partial charge >= 0.3 is 0 Å². The van der Waals surface area contributed by atoms with E-state index in [9.17, 15) is 4.79 Å². The maximum atomic E-state index is 11.7. The maximum absolute atomic E-state index is 11.7. The SMILES string of the molecule is Cc1cc(OCC(=O)N/N=C/c2ccc(Cl)c(Cl)c2)cc(C)c1Cl. The van der Waals surface area contributed by atoms with Crippen molar-refractivity contribution in [2.45, 2.75) is 13.8 Å². The second-order valence-electron chi connectivity index (χ2n) is 5.13. The van der Waals surface area contributed by atoms with Gasteiger partial charge in [0.2, 0.25) is 0 Å². The van der Waals surface area contributed by atoms with Crippen LogP contribution in [0.25, 0.3) is 0 Å². The highest BCUT2D eigenvalue weighted by molar-refractivity contribution is 6.42. The summed E-state index contributed by atoms with van der Waals surface area (Å²) in [5.74, 6) is 0.203. The predicted octanol–water partition coefficient (Wildman–Crippen LogP) is 4.79. The van der Waals surface area contributed by atoms with Crippen molar-refractivity contribution in [2.24, 2.45) is 5.10 Å².